The Balaban J connectivity index is 2.20. The van der Waals surface area contributed by atoms with Crippen molar-refractivity contribution in [3.8, 4) is 5.75 Å². The number of pyridine rings is 1. The number of hydrogen-bond acceptors (Lipinski definition) is 5. The summed E-state index contributed by atoms with van der Waals surface area (Å²) < 4.78 is 5.63. The normalized spacial score (nSPS) is 10.8. The molecule has 1 heterocycles. The van der Waals surface area contributed by atoms with E-state index in [1.807, 2.05) is 37.2 Å². The Kier molecular flexibility index (Phi) is 4.49. The van der Waals surface area contributed by atoms with Crippen molar-refractivity contribution in [2.45, 2.75) is 0 Å². The molecule has 2 aromatic rings. The Morgan fingerprint density at radius 2 is 2.20 bits per heavy atom. The maximum atomic E-state index is 11.4. The van der Waals surface area contributed by atoms with Gasteiger partial charge in [-0.2, -0.15) is 0 Å². The van der Waals surface area contributed by atoms with Crippen molar-refractivity contribution in [1.82, 2.24) is 15.4 Å². The zero-order valence-corrected chi connectivity index (χ0v) is 11.5. The minimum Gasteiger partial charge on any atom is -0.492 e. The Hall–Kier alpha value is -2.18. The first kappa shape index (κ1) is 14.2. The van der Waals surface area contributed by atoms with Crippen molar-refractivity contribution in [1.29, 1.82) is 0 Å². The van der Waals surface area contributed by atoms with Gasteiger partial charge in [0.15, 0.2) is 0 Å². The summed E-state index contributed by atoms with van der Waals surface area (Å²) >= 11 is 0. The Labute approximate surface area is 116 Å². The molecule has 2 N–H and O–H groups in total. The maximum Gasteiger partial charge on any atom is 0.276 e. The number of carbonyl (C=O) groups is 1. The summed E-state index contributed by atoms with van der Waals surface area (Å²) in [6.07, 6.45) is 1.42. The number of amides is 1. The van der Waals surface area contributed by atoms with Gasteiger partial charge in [-0.1, -0.05) is 0 Å². The molecule has 6 nitrogen and oxygen atoms in total. The first-order valence-corrected chi connectivity index (χ1v) is 6.22. The number of carbonyl (C=O) groups excluding carboxylic acids is 1. The Bertz CT molecular complexity index is 614. The van der Waals surface area contributed by atoms with E-state index in [4.69, 9.17) is 9.94 Å². The third-order valence-electron chi connectivity index (χ3n) is 2.82. The second-order valence-corrected chi connectivity index (χ2v) is 4.67. The summed E-state index contributed by atoms with van der Waals surface area (Å²) in [5.41, 5.74) is 2.65. The molecule has 6 heteroatoms. The summed E-state index contributed by atoms with van der Waals surface area (Å²) in [5, 5.41) is 9.41. The standard InChI is InChI=1S/C14H17N3O3/c1-17(2)5-6-20-12-3-4-13-10(8-12)7-11(9-15-13)14(18)16-19/h3-4,7-9,19H,5-6H2,1-2H3,(H,16,18). The number of hydrogen-bond donors (Lipinski definition) is 2. The first-order chi connectivity index (χ1) is 9.60. The molecule has 0 saturated heterocycles. The Morgan fingerprint density at radius 3 is 2.90 bits per heavy atom. The van der Waals surface area contributed by atoms with Gasteiger partial charge >= 0.3 is 0 Å². The highest BCUT2D eigenvalue weighted by Gasteiger charge is 2.06. The third kappa shape index (κ3) is 3.43. The van der Waals surface area contributed by atoms with Gasteiger partial charge in [-0.05, 0) is 38.4 Å². The van der Waals surface area contributed by atoms with Gasteiger partial charge < -0.3 is 9.64 Å². The number of likely N-dealkylation sites (N-methyl/N-ethyl adjacent to an activating group) is 1. The molecule has 0 aliphatic heterocycles. The molecule has 0 fully saturated rings. The highest BCUT2D eigenvalue weighted by atomic mass is 16.5. The van der Waals surface area contributed by atoms with E-state index in [0.717, 1.165) is 23.2 Å². The van der Waals surface area contributed by atoms with Crippen LogP contribution in [0.25, 0.3) is 10.9 Å². The van der Waals surface area contributed by atoms with Crippen LogP contribution in [0.3, 0.4) is 0 Å². The number of nitrogens with one attached hydrogen (secondary N) is 1. The molecule has 0 aliphatic carbocycles. The van der Waals surface area contributed by atoms with E-state index in [2.05, 4.69) is 4.98 Å². The fraction of sp³-hybridized carbons (Fsp3) is 0.286. The molecule has 0 bridgehead atoms. The summed E-state index contributed by atoms with van der Waals surface area (Å²) in [6, 6.07) is 7.16. The minimum atomic E-state index is -0.585. The quantitative estimate of drug-likeness (QED) is 0.635. The molecule has 2 rings (SSSR count). The van der Waals surface area contributed by atoms with E-state index in [9.17, 15) is 4.79 Å². The first-order valence-electron chi connectivity index (χ1n) is 6.22. The molecule has 20 heavy (non-hydrogen) atoms. The van der Waals surface area contributed by atoms with E-state index in [1.165, 1.54) is 6.20 Å². The number of benzene rings is 1. The van der Waals surface area contributed by atoms with Crippen molar-refractivity contribution >= 4 is 16.8 Å². The van der Waals surface area contributed by atoms with Gasteiger partial charge in [0, 0.05) is 18.1 Å². The molecule has 1 amide bonds. The van der Waals surface area contributed by atoms with Crippen LogP contribution in [-0.2, 0) is 0 Å². The lowest BCUT2D eigenvalue weighted by molar-refractivity contribution is 0.0706. The third-order valence-corrected chi connectivity index (χ3v) is 2.82. The number of rotatable bonds is 5. The molecule has 0 radical (unpaired) electrons. The minimum absolute atomic E-state index is 0.297. The fourth-order valence-electron chi connectivity index (χ4n) is 1.73. The lowest BCUT2D eigenvalue weighted by atomic mass is 10.1. The van der Waals surface area contributed by atoms with Gasteiger partial charge in [-0.3, -0.25) is 15.0 Å². The summed E-state index contributed by atoms with van der Waals surface area (Å²) in [4.78, 5) is 17.5. The number of aromatic nitrogens is 1. The van der Waals surface area contributed by atoms with Gasteiger partial charge in [0.1, 0.15) is 12.4 Å². The van der Waals surface area contributed by atoms with Crippen LogP contribution < -0.4 is 10.2 Å². The number of fused-ring (bicyclic) bond motifs is 1. The lowest BCUT2D eigenvalue weighted by Gasteiger charge is -2.11. The highest BCUT2D eigenvalue weighted by molar-refractivity contribution is 5.96. The smallest absolute Gasteiger partial charge is 0.276 e. The van der Waals surface area contributed by atoms with Crippen molar-refractivity contribution in [2.75, 3.05) is 27.2 Å². The SMILES string of the molecule is CN(C)CCOc1ccc2ncc(C(=O)NO)cc2c1. The second kappa shape index (κ2) is 6.31. The van der Waals surface area contributed by atoms with Crippen molar-refractivity contribution < 1.29 is 14.7 Å². The molecule has 1 aromatic heterocycles. The largest absolute Gasteiger partial charge is 0.492 e. The van der Waals surface area contributed by atoms with E-state index in [1.54, 1.807) is 11.5 Å². The molecule has 106 valence electrons. The molecule has 1 aromatic carbocycles. The van der Waals surface area contributed by atoms with Crippen LogP contribution in [0.1, 0.15) is 10.4 Å². The number of hydroxylamine groups is 1. The van der Waals surface area contributed by atoms with E-state index >= 15 is 0 Å². The second-order valence-electron chi connectivity index (χ2n) is 4.67. The van der Waals surface area contributed by atoms with E-state index in [0.29, 0.717) is 12.2 Å². The topological polar surface area (TPSA) is 74.7 Å². The molecule has 0 spiro atoms. The molecule has 0 aliphatic rings. The van der Waals surface area contributed by atoms with Crippen molar-refractivity contribution in [3.05, 3.63) is 36.0 Å². The summed E-state index contributed by atoms with van der Waals surface area (Å²) in [6.45, 7) is 1.41. The van der Waals surface area contributed by atoms with Crippen LogP contribution in [0.15, 0.2) is 30.5 Å². The predicted octanol–water partition coefficient (Wildman–Crippen LogP) is 1.29. The van der Waals surface area contributed by atoms with Gasteiger partial charge in [0.05, 0.1) is 11.1 Å². The van der Waals surface area contributed by atoms with Crippen LogP contribution in [0.2, 0.25) is 0 Å². The molecule has 0 saturated carbocycles. The van der Waals surface area contributed by atoms with Crippen LogP contribution >= 0.6 is 0 Å². The average molecular weight is 275 g/mol. The Morgan fingerprint density at radius 1 is 1.40 bits per heavy atom. The van der Waals surface area contributed by atoms with E-state index in [-0.39, 0.29) is 0 Å². The molecule has 0 atom stereocenters. The van der Waals surface area contributed by atoms with Gasteiger partial charge in [-0.25, -0.2) is 5.48 Å². The van der Waals surface area contributed by atoms with E-state index < -0.39 is 5.91 Å². The van der Waals surface area contributed by atoms with Crippen LogP contribution in [0.5, 0.6) is 5.75 Å². The summed E-state index contributed by atoms with van der Waals surface area (Å²) in [7, 11) is 3.96. The van der Waals surface area contributed by atoms with Crippen LogP contribution in [-0.4, -0.2) is 48.2 Å². The zero-order valence-electron chi connectivity index (χ0n) is 11.5. The molecular formula is C14H17N3O3. The van der Waals surface area contributed by atoms with Gasteiger partial charge in [0.2, 0.25) is 0 Å². The number of nitrogens with zero attached hydrogens (tertiary/aromatic N) is 2. The summed E-state index contributed by atoms with van der Waals surface area (Å²) in [5.74, 6) is 0.140. The zero-order chi connectivity index (χ0) is 14.5. The van der Waals surface area contributed by atoms with Crippen molar-refractivity contribution in [3.63, 3.8) is 0 Å². The maximum absolute atomic E-state index is 11.4. The fourth-order valence-corrected chi connectivity index (χ4v) is 1.73. The van der Waals surface area contributed by atoms with Crippen LogP contribution in [0, 0.1) is 0 Å². The molecule has 0 unspecified atom stereocenters. The van der Waals surface area contributed by atoms with Gasteiger partial charge in [-0.15, -0.1) is 0 Å². The van der Waals surface area contributed by atoms with Gasteiger partial charge in [0.25, 0.3) is 5.91 Å². The monoisotopic (exact) mass is 275 g/mol. The number of ether oxygens (including phenoxy) is 1. The van der Waals surface area contributed by atoms with Crippen LogP contribution in [0.4, 0.5) is 0 Å². The lowest BCUT2D eigenvalue weighted by Crippen LogP contribution is -2.19. The predicted molar refractivity (Wildman–Crippen MR) is 75.0 cm³/mol. The highest BCUT2D eigenvalue weighted by Crippen LogP contribution is 2.20. The van der Waals surface area contributed by atoms with Crippen molar-refractivity contribution in [2.24, 2.45) is 0 Å². The molecular weight excluding hydrogens is 258 g/mol. The average Bonchev–Trinajstić information content (AvgIpc) is 2.45.